The van der Waals surface area contributed by atoms with Crippen molar-refractivity contribution in [3.8, 4) is 5.75 Å². The van der Waals surface area contributed by atoms with Crippen LogP contribution in [0.2, 0.25) is 0 Å². The van der Waals surface area contributed by atoms with E-state index in [-0.39, 0.29) is 5.91 Å². The fourth-order valence-electron chi connectivity index (χ4n) is 1.50. The molecule has 1 amide bonds. The number of rotatable bonds is 7. The van der Waals surface area contributed by atoms with E-state index in [0.29, 0.717) is 5.56 Å². The third-order valence-electron chi connectivity index (χ3n) is 2.68. The maximum atomic E-state index is 11.7. The van der Waals surface area contributed by atoms with E-state index >= 15 is 0 Å². The summed E-state index contributed by atoms with van der Waals surface area (Å²) in [6, 6.07) is 7.10. The molecule has 0 aliphatic rings. The molecule has 0 N–H and O–H groups in total. The zero-order valence-corrected chi connectivity index (χ0v) is 11.3. The molecule has 0 unspecified atom stereocenters. The topological polar surface area (TPSA) is 38.8 Å². The minimum absolute atomic E-state index is 0.171. The van der Waals surface area contributed by atoms with E-state index in [0.717, 1.165) is 18.8 Å². The molecule has 1 rings (SSSR count). The van der Waals surface area contributed by atoms with Gasteiger partial charge in [0.25, 0.3) is 5.91 Å². The largest absolute Gasteiger partial charge is 0.494 e. The van der Waals surface area contributed by atoms with Crippen LogP contribution >= 0.6 is 0 Å². The smallest absolute Gasteiger partial charge is 0.277 e. The molecular weight excluding hydrogens is 230 g/mol. The number of ether oxygens (including phenoxy) is 1. The first-order valence-electron chi connectivity index (χ1n) is 6.24. The number of hydrogen-bond donors (Lipinski definition) is 0. The van der Waals surface area contributed by atoms with Crippen molar-refractivity contribution in [1.82, 2.24) is 5.06 Å². The van der Waals surface area contributed by atoms with Crippen LogP contribution in [0.3, 0.4) is 0 Å². The van der Waals surface area contributed by atoms with Gasteiger partial charge in [-0.3, -0.25) is 9.63 Å². The molecule has 1 aromatic carbocycles. The molecule has 0 radical (unpaired) electrons. The van der Waals surface area contributed by atoms with Crippen molar-refractivity contribution in [1.29, 1.82) is 0 Å². The summed E-state index contributed by atoms with van der Waals surface area (Å²) in [5.74, 6) is 0.623. The lowest BCUT2D eigenvalue weighted by atomic mass is 10.2. The number of nitrogens with zero attached hydrogens (tertiary/aromatic N) is 1. The fraction of sp³-hybridized carbons (Fsp3) is 0.500. The number of amides is 1. The zero-order chi connectivity index (χ0) is 13.4. The van der Waals surface area contributed by atoms with E-state index < -0.39 is 0 Å². The predicted octanol–water partition coefficient (Wildman–Crippen LogP) is 2.89. The van der Waals surface area contributed by atoms with Crippen LogP contribution in [-0.4, -0.2) is 31.7 Å². The summed E-state index contributed by atoms with van der Waals surface area (Å²) in [6.45, 7) is 2.88. The molecular formula is C14H21NO3. The lowest BCUT2D eigenvalue weighted by Gasteiger charge is -2.13. The Morgan fingerprint density at radius 1 is 1.22 bits per heavy atom. The second kappa shape index (κ2) is 7.71. The number of carbonyl (C=O) groups excluding carboxylic acids is 1. The van der Waals surface area contributed by atoms with Crippen LogP contribution in [0, 0.1) is 0 Å². The average Bonchev–Trinajstić information content (AvgIpc) is 2.42. The predicted molar refractivity (Wildman–Crippen MR) is 70.6 cm³/mol. The maximum absolute atomic E-state index is 11.7. The van der Waals surface area contributed by atoms with E-state index in [4.69, 9.17) is 9.57 Å². The molecule has 0 saturated heterocycles. The molecule has 0 spiro atoms. The molecule has 0 aliphatic carbocycles. The minimum Gasteiger partial charge on any atom is -0.494 e. The number of carbonyl (C=O) groups is 1. The van der Waals surface area contributed by atoms with Gasteiger partial charge < -0.3 is 4.74 Å². The third kappa shape index (κ3) is 4.37. The summed E-state index contributed by atoms with van der Waals surface area (Å²) < 4.78 is 5.57. The van der Waals surface area contributed by atoms with Crippen molar-refractivity contribution < 1.29 is 14.4 Å². The van der Waals surface area contributed by atoms with Crippen LogP contribution in [0.4, 0.5) is 0 Å². The first-order valence-corrected chi connectivity index (χ1v) is 6.24. The van der Waals surface area contributed by atoms with Gasteiger partial charge in [0.1, 0.15) is 5.75 Å². The Morgan fingerprint density at radius 3 is 2.44 bits per heavy atom. The molecule has 0 heterocycles. The first kappa shape index (κ1) is 14.5. The SMILES string of the molecule is CCCCCOc1ccc(C(=O)N(C)OC)cc1. The van der Waals surface area contributed by atoms with Gasteiger partial charge in [-0.2, -0.15) is 0 Å². The molecule has 0 bridgehead atoms. The molecule has 0 atom stereocenters. The Hall–Kier alpha value is -1.55. The van der Waals surface area contributed by atoms with Crippen molar-refractivity contribution in [2.24, 2.45) is 0 Å². The number of benzene rings is 1. The third-order valence-corrected chi connectivity index (χ3v) is 2.68. The Balaban J connectivity index is 2.49. The van der Waals surface area contributed by atoms with Crippen LogP contribution in [0.1, 0.15) is 36.5 Å². The number of unbranched alkanes of at least 4 members (excludes halogenated alkanes) is 2. The second-order valence-corrected chi connectivity index (χ2v) is 4.07. The van der Waals surface area contributed by atoms with Gasteiger partial charge in [-0.25, -0.2) is 5.06 Å². The van der Waals surface area contributed by atoms with E-state index in [9.17, 15) is 4.79 Å². The summed E-state index contributed by atoms with van der Waals surface area (Å²) in [5, 5.41) is 1.19. The summed E-state index contributed by atoms with van der Waals surface area (Å²) in [4.78, 5) is 16.6. The summed E-state index contributed by atoms with van der Waals surface area (Å²) in [7, 11) is 3.04. The highest BCUT2D eigenvalue weighted by Gasteiger charge is 2.10. The van der Waals surface area contributed by atoms with Crippen molar-refractivity contribution >= 4 is 5.91 Å². The Labute approximate surface area is 108 Å². The minimum atomic E-state index is -0.171. The normalized spacial score (nSPS) is 10.2. The first-order chi connectivity index (χ1) is 8.69. The van der Waals surface area contributed by atoms with E-state index in [1.807, 2.05) is 12.1 Å². The Kier molecular flexibility index (Phi) is 6.22. The van der Waals surface area contributed by atoms with Gasteiger partial charge in [0.05, 0.1) is 13.7 Å². The summed E-state index contributed by atoms with van der Waals surface area (Å²) in [5.41, 5.74) is 0.584. The van der Waals surface area contributed by atoms with Crippen molar-refractivity contribution in [3.05, 3.63) is 29.8 Å². The number of hydrogen-bond acceptors (Lipinski definition) is 3. The molecule has 0 saturated carbocycles. The Morgan fingerprint density at radius 2 is 1.89 bits per heavy atom. The molecule has 0 fully saturated rings. The van der Waals surface area contributed by atoms with Gasteiger partial charge in [-0.05, 0) is 30.7 Å². The molecule has 1 aromatic rings. The highest BCUT2D eigenvalue weighted by Crippen LogP contribution is 2.14. The molecule has 4 heteroatoms. The van der Waals surface area contributed by atoms with Crippen LogP contribution < -0.4 is 4.74 Å². The van der Waals surface area contributed by atoms with Gasteiger partial charge in [-0.1, -0.05) is 19.8 Å². The lowest BCUT2D eigenvalue weighted by molar-refractivity contribution is -0.0757. The monoisotopic (exact) mass is 251 g/mol. The average molecular weight is 251 g/mol. The van der Waals surface area contributed by atoms with Crippen molar-refractivity contribution in [2.45, 2.75) is 26.2 Å². The highest BCUT2D eigenvalue weighted by atomic mass is 16.7. The fourth-order valence-corrected chi connectivity index (χ4v) is 1.50. The molecule has 0 aromatic heterocycles. The van der Waals surface area contributed by atoms with Gasteiger partial charge in [0.15, 0.2) is 0 Å². The second-order valence-electron chi connectivity index (χ2n) is 4.07. The Bertz CT molecular complexity index is 362. The van der Waals surface area contributed by atoms with E-state index in [2.05, 4.69) is 6.92 Å². The van der Waals surface area contributed by atoms with Gasteiger partial charge in [-0.15, -0.1) is 0 Å². The van der Waals surface area contributed by atoms with E-state index in [1.54, 1.807) is 19.2 Å². The highest BCUT2D eigenvalue weighted by molar-refractivity contribution is 5.93. The summed E-state index contributed by atoms with van der Waals surface area (Å²) >= 11 is 0. The molecule has 4 nitrogen and oxygen atoms in total. The van der Waals surface area contributed by atoms with Gasteiger partial charge >= 0.3 is 0 Å². The molecule has 100 valence electrons. The lowest BCUT2D eigenvalue weighted by Crippen LogP contribution is -2.25. The van der Waals surface area contributed by atoms with E-state index in [1.165, 1.54) is 25.0 Å². The van der Waals surface area contributed by atoms with Gasteiger partial charge in [0, 0.05) is 12.6 Å². The van der Waals surface area contributed by atoms with Crippen molar-refractivity contribution in [3.63, 3.8) is 0 Å². The number of hydroxylamine groups is 2. The maximum Gasteiger partial charge on any atom is 0.277 e. The van der Waals surface area contributed by atoms with Crippen LogP contribution in [-0.2, 0) is 4.84 Å². The summed E-state index contributed by atoms with van der Waals surface area (Å²) in [6.07, 6.45) is 3.42. The van der Waals surface area contributed by atoms with Crippen LogP contribution in [0.5, 0.6) is 5.75 Å². The van der Waals surface area contributed by atoms with Crippen molar-refractivity contribution in [2.75, 3.05) is 20.8 Å². The van der Waals surface area contributed by atoms with Crippen LogP contribution in [0.25, 0.3) is 0 Å². The van der Waals surface area contributed by atoms with Crippen LogP contribution in [0.15, 0.2) is 24.3 Å². The van der Waals surface area contributed by atoms with Gasteiger partial charge in [0.2, 0.25) is 0 Å². The standard InChI is InChI=1S/C14H21NO3/c1-4-5-6-11-18-13-9-7-12(8-10-13)14(16)15(2)17-3/h7-10H,4-6,11H2,1-3H3. The molecule has 0 aliphatic heterocycles. The quantitative estimate of drug-likeness (QED) is 0.552. The zero-order valence-electron chi connectivity index (χ0n) is 11.3. The molecule has 18 heavy (non-hydrogen) atoms.